The molecule has 1 saturated heterocycles. The first kappa shape index (κ1) is 12.3. The Kier molecular flexibility index (Phi) is 3.54. The molecule has 3 rings (SSSR count). The molecule has 0 atom stereocenters. The molecule has 1 nitrogen and oxygen atoms in total. The van der Waals surface area contributed by atoms with Crippen LogP contribution >= 0.6 is 0 Å². The van der Waals surface area contributed by atoms with Gasteiger partial charge in [-0.15, -0.1) is 6.58 Å². The van der Waals surface area contributed by atoms with E-state index in [2.05, 4.69) is 47.9 Å². The molecule has 98 valence electrons. The van der Waals surface area contributed by atoms with Crippen LogP contribution in [0, 0.1) is 0 Å². The fraction of sp³-hybridized carbons (Fsp3) is 0.333. The number of hydrogen-bond donors (Lipinski definition) is 0. The highest BCUT2D eigenvalue weighted by molar-refractivity contribution is 5.90. The normalized spacial score (nSPS) is 15.7. The summed E-state index contributed by atoms with van der Waals surface area (Å²) in [6.07, 6.45) is 6.99. The maximum absolute atomic E-state index is 3.93. The third-order valence-corrected chi connectivity index (χ3v) is 4.06. The Morgan fingerprint density at radius 2 is 1.79 bits per heavy atom. The molecule has 0 amide bonds. The van der Waals surface area contributed by atoms with Crippen LogP contribution in [0.25, 0.3) is 10.8 Å². The summed E-state index contributed by atoms with van der Waals surface area (Å²) < 4.78 is 0. The van der Waals surface area contributed by atoms with Crippen LogP contribution < -0.4 is 4.90 Å². The predicted molar refractivity (Wildman–Crippen MR) is 83.9 cm³/mol. The van der Waals surface area contributed by atoms with Crippen LogP contribution in [0.3, 0.4) is 0 Å². The van der Waals surface area contributed by atoms with Gasteiger partial charge in [0, 0.05) is 18.8 Å². The first-order chi connectivity index (χ1) is 9.40. The van der Waals surface area contributed by atoms with Crippen LogP contribution in [0.15, 0.2) is 49.1 Å². The van der Waals surface area contributed by atoms with Gasteiger partial charge in [-0.2, -0.15) is 0 Å². The van der Waals surface area contributed by atoms with Gasteiger partial charge in [0.1, 0.15) is 0 Å². The zero-order valence-corrected chi connectivity index (χ0v) is 11.4. The smallest absolute Gasteiger partial charge is 0.0408 e. The Hall–Kier alpha value is -1.76. The zero-order valence-electron chi connectivity index (χ0n) is 11.4. The molecule has 1 heterocycles. The van der Waals surface area contributed by atoms with Crippen molar-refractivity contribution in [2.75, 3.05) is 18.0 Å². The Labute approximate surface area is 115 Å². The van der Waals surface area contributed by atoms with Crippen LogP contribution in [0.2, 0.25) is 0 Å². The van der Waals surface area contributed by atoms with Gasteiger partial charge in [0.05, 0.1) is 0 Å². The lowest BCUT2D eigenvalue weighted by molar-refractivity contribution is 0.577. The summed E-state index contributed by atoms with van der Waals surface area (Å²) in [4.78, 5) is 2.55. The quantitative estimate of drug-likeness (QED) is 0.723. The van der Waals surface area contributed by atoms with Gasteiger partial charge in [0.15, 0.2) is 0 Å². The minimum atomic E-state index is 0.952. The molecular formula is C18H21N. The van der Waals surface area contributed by atoms with Gasteiger partial charge in [-0.25, -0.2) is 0 Å². The third-order valence-electron chi connectivity index (χ3n) is 4.06. The topological polar surface area (TPSA) is 3.24 Å². The van der Waals surface area contributed by atoms with Gasteiger partial charge in [0.2, 0.25) is 0 Å². The van der Waals surface area contributed by atoms with Crippen LogP contribution in [0.5, 0.6) is 0 Å². The van der Waals surface area contributed by atoms with Gasteiger partial charge in [-0.1, -0.05) is 36.4 Å². The van der Waals surface area contributed by atoms with Crippen molar-refractivity contribution < 1.29 is 0 Å². The zero-order chi connectivity index (χ0) is 13.1. The van der Waals surface area contributed by atoms with Crippen molar-refractivity contribution in [2.24, 2.45) is 0 Å². The molecule has 2 aromatic carbocycles. The second-order valence-corrected chi connectivity index (χ2v) is 5.32. The minimum absolute atomic E-state index is 0.952. The summed E-state index contributed by atoms with van der Waals surface area (Å²) in [5.74, 6) is 0. The van der Waals surface area contributed by atoms with Gasteiger partial charge >= 0.3 is 0 Å². The van der Waals surface area contributed by atoms with E-state index in [1.165, 1.54) is 54.4 Å². The Morgan fingerprint density at radius 1 is 1.00 bits per heavy atom. The fourth-order valence-corrected chi connectivity index (χ4v) is 3.11. The lowest BCUT2D eigenvalue weighted by atomic mass is 9.98. The van der Waals surface area contributed by atoms with E-state index < -0.39 is 0 Å². The van der Waals surface area contributed by atoms with E-state index in [1.54, 1.807) is 0 Å². The Balaban J connectivity index is 2.11. The average molecular weight is 251 g/mol. The van der Waals surface area contributed by atoms with E-state index in [4.69, 9.17) is 0 Å². The molecule has 1 fully saturated rings. The highest BCUT2D eigenvalue weighted by Gasteiger charge is 2.15. The molecule has 19 heavy (non-hydrogen) atoms. The van der Waals surface area contributed by atoms with Crippen molar-refractivity contribution in [1.82, 2.24) is 0 Å². The van der Waals surface area contributed by atoms with E-state index in [0.717, 1.165) is 6.42 Å². The monoisotopic (exact) mass is 251 g/mol. The Morgan fingerprint density at radius 3 is 2.58 bits per heavy atom. The first-order valence-corrected chi connectivity index (χ1v) is 7.26. The molecule has 1 heteroatoms. The van der Waals surface area contributed by atoms with Crippen molar-refractivity contribution in [2.45, 2.75) is 25.7 Å². The molecular weight excluding hydrogens is 230 g/mol. The SMILES string of the molecule is C=CCc1c(N2CCCCC2)ccc2ccccc12. The maximum Gasteiger partial charge on any atom is 0.0408 e. The van der Waals surface area contributed by atoms with E-state index in [-0.39, 0.29) is 0 Å². The molecule has 2 aromatic rings. The van der Waals surface area contributed by atoms with Crippen molar-refractivity contribution >= 4 is 16.5 Å². The standard InChI is InChI=1S/C18H21N/c1-2-8-17-16-10-5-4-9-15(16)11-12-18(17)19-13-6-3-7-14-19/h2,4-5,9-12H,1,3,6-8,13-14H2. The first-order valence-electron chi connectivity index (χ1n) is 7.26. The summed E-state index contributed by atoms with van der Waals surface area (Å²) >= 11 is 0. The van der Waals surface area contributed by atoms with Crippen LogP contribution in [-0.2, 0) is 6.42 Å². The van der Waals surface area contributed by atoms with Gasteiger partial charge in [0.25, 0.3) is 0 Å². The van der Waals surface area contributed by atoms with Crippen molar-refractivity contribution in [3.8, 4) is 0 Å². The number of rotatable bonds is 3. The number of nitrogens with zero attached hydrogens (tertiary/aromatic N) is 1. The average Bonchev–Trinajstić information content (AvgIpc) is 2.49. The highest BCUT2D eigenvalue weighted by Crippen LogP contribution is 2.31. The van der Waals surface area contributed by atoms with Gasteiger partial charge in [-0.3, -0.25) is 0 Å². The molecule has 0 radical (unpaired) electrons. The summed E-state index contributed by atoms with van der Waals surface area (Å²) in [6.45, 7) is 6.32. The molecule has 0 saturated carbocycles. The molecule has 0 aromatic heterocycles. The molecule has 0 spiro atoms. The van der Waals surface area contributed by atoms with Crippen LogP contribution in [0.1, 0.15) is 24.8 Å². The number of allylic oxidation sites excluding steroid dienone is 1. The van der Waals surface area contributed by atoms with Gasteiger partial charge < -0.3 is 4.90 Å². The van der Waals surface area contributed by atoms with E-state index in [0.29, 0.717) is 0 Å². The number of anilines is 1. The highest BCUT2D eigenvalue weighted by atomic mass is 15.1. The van der Waals surface area contributed by atoms with E-state index in [1.807, 2.05) is 6.08 Å². The third kappa shape index (κ3) is 2.37. The van der Waals surface area contributed by atoms with Crippen LogP contribution in [-0.4, -0.2) is 13.1 Å². The van der Waals surface area contributed by atoms with Crippen molar-refractivity contribution in [3.63, 3.8) is 0 Å². The summed E-state index contributed by atoms with van der Waals surface area (Å²) in [5.41, 5.74) is 2.85. The van der Waals surface area contributed by atoms with Crippen LogP contribution in [0.4, 0.5) is 5.69 Å². The fourth-order valence-electron chi connectivity index (χ4n) is 3.11. The Bertz CT molecular complexity index is 579. The number of piperidine rings is 1. The second kappa shape index (κ2) is 5.48. The number of benzene rings is 2. The summed E-state index contributed by atoms with van der Waals surface area (Å²) in [5, 5.41) is 2.71. The number of hydrogen-bond acceptors (Lipinski definition) is 1. The minimum Gasteiger partial charge on any atom is -0.371 e. The van der Waals surface area contributed by atoms with Gasteiger partial charge in [-0.05, 0) is 48.1 Å². The molecule has 0 unspecified atom stereocenters. The largest absolute Gasteiger partial charge is 0.371 e. The predicted octanol–water partition coefficient (Wildman–Crippen LogP) is 4.56. The maximum atomic E-state index is 3.93. The van der Waals surface area contributed by atoms with E-state index in [9.17, 15) is 0 Å². The van der Waals surface area contributed by atoms with E-state index >= 15 is 0 Å². The lowest BCUT2D eigenvalue weighted by Crippen LogP contribution is -2.30. The second-order valence-electron chi connectivity index (χ2n) is 5.32. The molecule has 0 aliphatic carbocycles. The number of fused-ring (bicyclic) bond motifs is 1. The molecule has 0 N–H and O–H groups in total. The lowest BCUT2D eigenvalue weighted by Gasteiger charge is -2.31. The molecule has 0 bridgehead atoms. The van der Waals surface area contributed by atoms with Crippen molar-refractivity contribution in [1.29, 1.82) is 0 Å². The summed E-state index contributed by atoms with van der Waals surface area (Å²) in [6, 6.07) is 13.2. The summed E-state index contributed by atoms with van der Waals surface area (Å²) in [7, 11) is 0. The molecule has 1 aliphatic rings. The molecule has 1 aliphatic heterocycles. The van der Waals surface area contributed by atoms with Crippen molar-refractivity contribution in [3.05, 3.63) is 54.6 Å².